The summed E-state index contributed by atoms with van der Waals surface area (Å²) in [4.78, 5) is 58.7. The van der Waals surface area contributed by atoms with Crippen molar-refractivity contribution in [1.82, 2.24) is 21.1 Å². The molecule has 1 unspecified atom stereocenters. The van der Waals surface area contributed by atoms with E-state index in [4.69, 9.17) is 16.4 Å². The van der Waals surface area contributed by atoms with Crippen LogP contribution in [0.5, 0.6) is 0 Å². The number of para-hydroxylation sites is 1. The first-order valence-corrected chi connectivity index (χ1v) is 12.5. The standard InChI is InChI=1S/C25H31ClN4O5/c1-13(15-6-4-10-28-23(15)32)11-19(31)35-30-24(33)17(12-14-8-9-14)20-16-5-3-7-18(26)21(16)29-22(20)25(34)27-2/h3,5,7,13-15,17,29H,4,6,8-12H2,1-2H3,(H,27,34)(H,28,32)(H,30,33)/t13?,15-,17-/m0/s1. The second-order valence-corrected chi connectivity index (χ2v) is 9.96. The summed E-state index contributed by atoms with van der Waals surface area (Å²) in [6.45, 7) is 2.49. The van der Waals surface area contributed by atoms with Crippen LogP contribution in [0.2, 0.25) is 5.02 Å². The summed E-state index contributed by atoms with van der Waals surface area (Å²) >= 11 is 6.36. The first kappa shape index (κ1) is 25.0. The molecule has 0 spiro atoms. The summed E-state index contributed by atoms with van der Waals surface area (Å²) < 4.78 is 0. The lowest BCUT2D eigenvalue weighted by molar-refractivity contribution is -0.160. The largest absolute Gasteiger partial charge is 0.356 e. The first-order valence-electron chi connectivity index (χ1n) is 12.1. The molecule has 3 amide bonds. The van der Waals surface area contributed by atoms with Gasteiger partial charge in [0.25, 0.3) is 11.8 Å². The molecular weight excluding hydrogens is 472 g/mol. The Labute approximate surface area is 208 Å². The normalized spacial score (nSPS) is 19.5. The highest BCUT2D eigenvalue weighted by Gasteiger charge is 2.36. The Morgan fingerprint density at radius 2 is 2.00 bits per heavy atom. The van der Waals surface area contributed by atoms with Crippen LogP contribution in [0.25, 0.3) is 10.9 Å². The van der Waals surface area contributed by atoms with Crippen LogP contribution in [-0.2, 0) is 19.2 Å². The van der Waals surface area contributed by atoms with E-state index in [1.807, 2.05) is 13.0 Å². The zero-order chi connectivity index (χ0) is 25.1. The summed E-state index contributed by atoms with van der Waals surface area (Å²) in [5.74, 6) is -2.34. The van der Waals surface area contributed by atoms with Gasteiger partial charge in [0.1, 0.15) is 5.69 Å². The number of hydrogen-bond donors (Lipinski definition) is 4. The molecule has 2 fully saturated rings. The zero-order valence-corrected chi connectivity index (χ0v) is 20.7. The van der Waals surface area contributed by atoms with Gasteiger partial charge in [-0.15, -0.1) is 0 Å². The van der Waals surface area contributed by atoms with E-state index in [0.717, 1.165) is 25.7 Å². The smallest absolute Gasteiger partial charge is 0.332 e. The lowest BCUT2D eigenvalue weighted by atomic mass is 9.85. The lowest BCUT2D eigenvalue weighted by Crippen LogP contribution is -2.40. The van der Waals surface area contributed by atoms with E-state index in [9.17, 15) is 19.2 Å². The number of nitrogens with one attached hydrogen (secondary N) is 4. The fourth-order valence-electron chi connectivity index (χ4n) is 4.88. The van der Waals surface area contributed by atoms with Gasteiger partial charge in [0.05, 0.1) is 22.9 Å². The molecule has 2 aliphatic rings. The van der Waals surface area contributed by atoms with Crippen LogP contribution in [0.15, 0.2) is 18.2 Å². The fourth-order valence-corrected chi connectivity index (χ4v) is 5.10. The fraction of sp³-hybridized carbons (Fsp3) is 0.520. The Hall–Kier alpha value is -3.07. The molecule has 1 saturated carbocycles. The maximum atomic E-state index is 13.3. The molecule has 188 valence electrons. The van der Waals surface area contributed by atoms with Crippen molar-refractivity contribution in [3.8, 4) is 0 Å². The molecule has 2 aromatic rings. The number of H-pyrrole nitrogens is 1. The van der Waals surface area contributed by atoms with Gasteiger partial charge in [-0.25, -0.2) is 4.79 Å². The molecule has 3 atom stereocenters. The maximum Gasteiger partial charge on any atom is 0.332 e. The van der Waals surface area contributed by atoms with Crippen molar-refractivity contribution in [2.45, 2.75) is 51.4 Å². The second-order valence-electron chi connectivity index (χ2n) is 9.55. The Morgan fingerprint density at radius 3 is 2.69 bits per heavy atom. The topological polar surface area (TPSA) is 129 Å². The zero-order valence-electron chi connectivity index (χ0n) is 19.9. The molecule has 0 radical (unpaired) electrons. The van der Waals surface area contributed by atoms with Gasteiger partial charge in [-0.3, -0.25) is 14.4 Å². The number of aromatic amines is 1. The Bertz CT molecular complexity index is 1140. The molecule has 4 N–H and O–H groups in total. The van der Waals surface area contributed by atoms with Crippen LogP contribution in [-0.4, -0.2) is 42.3 Å². The third-order valence-corrected chi connectivity index (χ3v) is 7.29. The number of amides is 3. The molecule has 1 aliphatic heterocycles. The van der Waals surface area contributed by atoms with Gasteiger partial charge >= 0.3 is 5.97 Å². The van der Waals surface area contributed by atoms with Gasteiger partial charge in [0, 0.05) is 30.5 Å². The van der Waals surface area contributed by atoms with Crippen LogP contribution in [0, 0.1) is 17.8 Å². The molecule has 35 heavy (non-hydrogen) atoms. The van der Waals surface area contributed by atoms with Crippen LogP contribution >= 0.6 is 11.6 Å². The highest BCUT2D eigenvalue weighted by atomic mass is 35.5. The quantitative estimate of drug-likeness (QED) is 0.412. The summed E-state index contributed by atoms with van der Waals surface area (Å²) in [7, 11) is 1.52. The van der Waals surface area contributed by atoms with Crippen molar-refractivity contribution >= 4 is 46.2 Å². The van der Waals surface area contributed by atoms with Crippen molar-refractivity contribution in [2.24, 2.45) is 17.8 Å². The number of piperidine rings is 1. The molecule has 2 heterocycles. The number of rotatable bonds is 8. The number of halogens is 1. The molecule has 10 heteroatoms. The highest BCUT2D eigenvalue weighted by Crippen LogP contribution is 2.42. The number of carbonyl (C=O) groups is 4. The summed E-state index contributed by atoms with van der Waals surface area (Å²) in [5, 5.41) is 6.55. The summed E-state index contributed by atoms with van der Waals surface area (Å²) in [6, 6.07) is 5.30. The Morgan fingerprint density at radius 1 is 1.23 bits per heavy atom. The van der Waals surface area contributed by atoms with Gasteiger partial charge in [-0.2, -0.15) is 5.48 Å². The molecule has 4 rings (SSSR count). The third kappa shape index (κ3) is 5.61. The lowest BCUT2D eigenvalue weighted by Gasteiger charge is -2.26. The maximum absolute atomic E-state index is 13.3. The summed E-state index contributed by atoms with van der Waals surface area (Å²) in [5.41, 5.74) is 3.70. The van der Waals surface area contributed by atoms with Crippen LogP contribution < -0.4 is 16.1 Å². The van der Waals surface area contributed by atoms with Gasteiger partial charge in [-0.05, 0) is 37.2 Å². The van der Waals surface area contributed by atoms with E-state index >= 15 is 0 Å². The third-order valence-electron chi connectivity index (χ3n) is 6.98. The average molecular weight is 503 g/mol. The number of benzene rings is 1. The summed E-state index contributed by atoms with van der Waals surface area (Å²) in [6.07, 6.45) is 4.13. The predicted octanol–water partition coefficient (Wildman–Crippen LogP) is 3.19. The van der Waals surface area contributed by atoms with Crippen molar-refractivity contribution in [1.29, 1.82) is 0 Å². The van der Waals surface area contributed by atoms with E-state index in [1.165, 1.54) is 7.05 Å². The van der Waals surface area contributed by atoms with E-state index < -0.39 is 17.8 Å². The number of aromatic nitrogens is 1. The number of hydrogen-bond acceptors (Lipinski definition) is 5. The minimum Gasteiger partial charge on any atom is -0.356 e. The predicted molar refractivity (Wildman–Crippen MR) is 131 cm³/mol. The number of carbonyl (C=O) groups excluding carboxylic acids is 4. The molecule has 9 nitrogen and oxygen atoms in total. The minimum atomic E-state index is -0.712. The van der Waals surface area contributed by atoms with E-state index in [-0.39, 0.29) is 35.8 Å². The van der Waals surface area contributed by atoms with Crippen molar-refractivity contribution in [2.75, 3.05) is 13.6 Å². The van der Waals surface area contributed by atoms with Gasteiger partial charge < -0.3 is 20.5 Å². The molecule has 0 bridgehead atoms. The number of fused-ring (bicyclic) bond motifs is 1. The Kier molecular flexibility index (Phi) is 7.64. The first-order chi connectivity index (χ1) is 16.8. The van der Waals surface area contributed by atoms with Crippen molar-refractivity contribution in [3.05, 3.63) is 34.5 Å². The monoisotopic (exact) mass is 502 g/mol. The molecule has 1 aromatic carbocycles. The van der Waals surface area contributed by atoms with Gasteiger partial charge in [0.15, 0.2) is 0 Å². The van der Waals surface area contributed by atoms with Crippen molar-refractivity contribution in [3.63, 3.8) is 0 Å². The van der Waals surface area contributed by atoms with Crippen LogP contribution in [0.1, 0.15) is 67.4 Å². The van der Waals surface area contributed by atoms with Crippen LogP contribution in [0.4, 0.5) is 0 Å². The van der Waals surface area contributed by atoms with Gasteiger partial charge in [-0.1, -0.05) is 43.5 Å². The molecule has 1 saturated heterocycles. The van der Waals surface area contributed by atoms with E-state index in [2.05, 4.69) is 21.1 Å². The van der Waals surface area contributed by atoms with Gasteiger partial charge in [0.2, 0.25) is 5.91 Å². The minimum absolute atomic E-state index is 0.0117. The van der Waals surface area contributed by atoms with E-state index in [1.54, 1.807) is 12.1 Å². The highest BCUT2D eigenvalue weighted by molar-refractivity contribution is 6.35. The Balaban J connectivity index is 1.51. The van der Waals surface area contributed by atoms with Crippen LogP contribution in [0.3, 0.4) is 0 Å². The average Bonchev–Trinajstić information content (AvgIpc) is 3.58. The van der Waals surface area contributed by atoms with Crippen molar-refractivity contribution < 1.29 is 24.0 Å². The molecular formula is C25H31ClN4O5. The molecule has 1 aromatic heterocycles. The van der Waals surface area contributed by atoms with E-state index in [0.29, 0.717) is 40.4 Å². The SMILES string of the molecule is CNC(=O)c1[nH]c2c(Cl)cccc2c1[C@H](CC1CC1)C(=O)NOC(=O)CC(C)[C@@H]1CCCNC1=O. The molecule has 1 aliphatic carbocycles. The number of hydroxylamine groups is 1. The second kappa shape index (κ2) is 10.7.